The molecule has 1 rings (SSSR count). The number of nitrogens with zero attached hydrogens (tertiary/aromatic N) is 2. The summed E-state index contributed by atoms with van der Waals surface area (Å²) in [7, 11) is 0. The van der Waals surface area contributed by atoms with Crippen molar-refractivity contribution in [1.29, 1.82) is 5.26 Å². The van der Waals surface area contributed by atoms with Gasteiger partial charge in [-0.25, -0.2) is 0 Å². The molecule has 0 saturated carbocycles. The van der Waals surface area contributed by atoms with Gasteiger partial charge in [0.25, 0.3) is 0 Å². The van der Waals surface area contributed by atoms with Crippen molar-refractivity contribution in [3.05, 3.63) is 28.2 Å². The average Bonchev–Trinajstić information content (AvgIpc) is 2.20. The van der Waals surface area contributed by atoms with Gasteiger partial charge >= 0.3 is 0 Å². The highest BCUT2D eigenvalue weighted by atomic mass is 79.9. The molecule has 0 radical (unpaired) electrons. The molecule has 0 N–H and O–H groups in total. The van der Waals surface area contributed by atoms with Gasteiger partial charge in [-0.15, -0.1) is 0 Å². The SMILES string of the molecule is CCN(CC)c1ccc(C#N)c(Br)c1. The van der Waals surface area contributed by atoms with Crippen LogP contribution in [0, 0.1) is 11.3 Å². The number of benzene rings is 1. The van der Waals surface area contributed by atoms with Gasteiger partial charge in [0.15, 0.2) is 0 Å². The first-order valence-corrected chi connectivity index (χ1v) is 5.46. The zero-order valence-corrected chi connectivity index (χ0v) is 10.0. The fourth-order valence-corrected chi connectivity index (χ4v) is 1.84. The summed E-state index contributed by atoms with van der Waals surface area (Å²) in [6.45, 7) is 6.20. The molecule has 2 nitrogen and oxygen atoms in total. The molecular formula is C11H13BrN2. The molecule has 1 aromatic carbocycles. The van der Waals surface area contributed by atoms with E-state index in [9.17, 15) is 0 Å². The molecule has 0 aliphatic heterocycles. The minimum absolute atomic E-state index is 0.681. The Balaban J connectivity index is 3.02. The van der Waals surface area contributed by atoms with Crippen LogP contribution in [0.3, 0.4) is 0 Å². The molecule has 0 saturated heterocycles. The van der Waals surface area contributed by atoms with Crippen LogP contribution in [-0.2, 0) is 0 Å². The topological polar surface area (TPSA) is 27.0 Å². The van der Waals surface area contributed by atoms with Crippen LogP contribution in [0.1, 0.15) is 19.4 Å². The average molecular weight is 253 g/mol. The molecule has 0 spiro atoms. The number of halogens is 1. The van der Waals surface area contributed by atoms with Crippen LogP contribution in [0.2, 0.25) is 0 Å². The van der Waals surface area contributed by atoms with Crippen molar-refractivity contribution in [2.75, 3.05) is 18.0 Å². The van der Waals surface area contributed by atoms with Crippen LogP contribution < -0.4 is 4.90 Å². The fourth-order valence-electron chi connectivity index (χ4n) is 1.38. The first-order chi connectivity index (χ1) is 6.72. The van der Waals surface area contributed by atoms with E-state index >= 15 is 0 Å². The van der Waals surface area contributed by atoms with Crippen LogP contribution in [0.25, 0.3) is 0 Å². The van der Waals surface area contributed by atoms with Crippen LogP contribution in [0.4, 0.5) is 5.69 Å². The number of hydrogen-bond donors (Lipinski definition) is 0. The maximum atomic E-state index is 8.77. The Hall–Kier alpha value is -1.01. The minimum Gasteiger partial charge on any atom is -0.372 e. The molecule has 74 valence electrons. The fraction of sp³-hybridized carbons (Fsp3) is 0.364. The van der Waals surface area contributed by atoms with Crippen molar-refractivity contribution >= 4 is 21.6 Å². The maximum Gasteiger partial charge on any atom is 0.100 e. The quantitative estimate of drug-likeness (QED) is 0.827. The van der Waals surface area contributed by atoms with Gasteiger partial charge in [-0.2, -0.15) is 5.26 Å². The van der Waals surface area contributed by atoms with Gasteiger partial charge < -0.3 is 4.90 Å². The van der Waals surface area contributed by atoms with Gasteiger partial charge in [-0.1, -0.05) is 0 Å². The Morgan fingerprint density at radius 2 is 2.00 bits per heavy atom. The number of rotatable bonds is 3. The highest BCUT2D eigenvalue weighted by molar-refractivity contribution is 9.10. The Labute approximate surface area is 93.3 Å². The zero-order chi connectivity index (χ0) is 10.6. The second-order valence-electron chi connectivity index (χ2n) is 2.95. The van der Waals surface area contributed by atoms with Crippen LogP contribution >= 0.6 is 15.9 Å². The van der Waals surface area contributed by atoms with E-state index in [-0.39, 0.29) is 0 Å². The van der Waals surface area contributed by atoms with E-state index < -0.39 is 0 Å². The maximum absolute atomic E-state index is 8.77. The van der Waals surface area contributed by atoms with Crippen molar-refractivity contribution in [3.63, 3.8) is 0 Å². The third kappa shape index (κ3) is 2.27. The lowest BCUT2D eigenvalue weighted by atomic mass is 10.2. The molecule has 1 aromatic rings. The molecule has 0 aromatic heterocycles. The monoisotopic (exact) mass is 252 g/mol. The molecule has 0 aliphatic rings. The van der Waals surface area contributed by atoms with Gasteiger partial charge in [-0.05, 0) is 48.0 Å². The Morgan fingerprint density at radius 3 is 2.43 bits per heavy atom. The second kappa shape index (κ2) is 5.02. The highest BCUT2D eigenvalue weighted by Crippen LogP contribution is 2.23. The van der Waals surface area contributed by atoms with E-state index in [1.807, 2.05) is 18.2 Å². The van der Waals surface area contributed by atoms with E-state index in [1.165, 1.54) is 0 Å². The van der Waals surface area contributed by atoms with E-state index in [2.05, 4.69) is 40.7 Å². The Bertz CT molecular complexity index is 351. The highest BCUT2D eigenvalue weighted by Gasteiger charge is 2.04. The molecule has 0 aliphatic carbocycles. The van der Waals surface area contributed by atoms with Crippen LogP contribution in [0.5, 0.6) is 0 Å². The van der Waals surface area contributed by atoms with E-state index in [4.69, 9.17) is 5.26 Å². The third-order valence-corrected chi connectivity index (χ3v) is 2.86. The molecule has 0 heterocycles. The van der Waals surface area contributed by atoms with Crippen LogP contribution in [-0.4, -0.2) is 13.1 Å². The van der Waals surface area contributed by atoms with Gasteiger partial charge in [0.2, 0.25) is 0 Å². The van der Waals surface area contributed by atoms with Gasteiger partial charge in [-0.3, -0.25) is 0 Å². The lowest BCUT2D eigenvalue weighted by molar-refractivity contribution is 0.866. The van der Waals surface area contributed by atoms with E-state index in [0.717, 1.165) is 23.2 Å². The van der Waals surface area contributed by atoms with Crippen LogP contribution in [0.15, 0.2) is 22.7 Å². The summed E-state index contributed by atoms with van der Waals surface area (Å²) in [6.07, 6.45) is 0. The number of hydrogen-bond acceptors (Lipinski definition) is 2. The standard InChI is InChI=1S/C11H13BrN2/c1-3-14(4-2)10-6-5-9(8-13)11(12)7-10/h5-7H,3-4H2,1-2H3. The first-order valence-electron chi connectivity index (χ1n) is 4.67. The Morgan fingerprint density at radius 1 is 1.36 bits per heavy atom. The predicted octanol–water partition coefficient (Wildman–Crippen LogP) is 3.17. The lowest BCUT2D eigenvalue weighted by Gasteiger charge is -2.21. The molecule has 14 heavy (non-hydrogen) atoms. The second-order valence-corrected chi connectivity index (χ2v) is 3.80. The van der Waals surface area contributed by atoms with E-state index in [0.29, 0.717) is 5.56 Å². The summed E-state index contributed by atoms with van der Waals surface area (Å²) < 4.78 is 0.865. The van der Waals surface area contributed by atoms with Crippen molar-refractivity contribution in [3.8, 4) is 6.07 Å². The summed E-state index contributed by atoms with van der Waals surface area (Å²) in [5.41, 5.74) is 1.83. The predicted molar refractivity (Wildman–Crippen MR) is 62.4 cm³/mol. The van der Waals surface area contributed by atoms with Crippen molar-refractivity contribution < 1.29 is 0 Å². The molecule has 0 amide bonds. The van der Waals surface area contributed by atoms with E-state index in [1.54, 1.807) is 0 Å². The molecular weight excluding hydrogens is 240 g/mol. The summed E-state index contributed by atoms with van der Waals surface area (Å²) in [5.74, 6) is 0. The third-order valence-electron chi connectivity index (χ3n) is 2.20. The minimum atomic E-state index is 0.681. The van der Waals surface area contributed by atoms with Gasteiger partial charge in [0.1, 0.15) is 6.07 Å². The Kier molecular flexibility index (Phi) is 3.97. The molecule has 0 unspecified atom stereocenters. The van der Waals surface area contributed by atoms with Gasteiger partial charge in [0.05, 0.1) is 5.56 Å². The zero-order valence-electron chi connectivity index (χ0n) is 8.42. The largest absolute Gasteiger partial charge is 0.372 e. The number of nitriles is 1. The first kappa shape index (κ1) is 11.1. The summed E-state index contributed by atoms with van der Waals surface area (Å²) in [4.78, 5) is 2.24. The molecule has 0 fully saturated rings. The molecule has 0 atom stereocenters. The molecule has 0 bridgehead atoms. The smallest absolute Gasteiger partial charge is 0.100 e. The summed E-state index contributed by atoms with van der Waals surface area (Å²) >= 11 is 3.38. The lowest BCUT2D eigenvalue weighted by Crippen LogP contribution is -2.21. The molecule has 3 heteroatoms. The van der Waals surface area contributed by atoms with Crippen molar-refractivity contribution in [2.24, 2.45) is 0 Å². The normalized spacial score (nSPS) is 9.57. The van der Waals surface area contributed by atoms with Crippen molar-refractivity contribution in [1.82, 2.24) is 0 Å². The number of anilines is 1. The summed E-state index contributed by atoms with van der Waals surface area (Å²) in [5, 5.41) is 8.77. The van der Waals surface area contributed by atoms with Crippen molar-refractivity contribution in [2.45, 2.75) is 13.8 Å². The van der Waals surface area contributed by atoms with Gasteiger partial charge in [0, 0.05) is 23.2 Å². The summed E-state index contributed by atoms with van der Waals surface area (Å²) in [6, 6.07) is 7.95.